The Bertz CT molecular complexity index is 212. The van der Waals surface area contributed by atoms with Gasteiger partial charge >= 0.3 is 0 Å². The van der Waals surface area contributed by atoms with Crippen LogP contribution in [-0.2, 0) is 0 Å². The van der Waals surface area contributed by atoms with E-state index in [0.717, 1.165) is 12.8 Å². The summed E-state index contributed by atoms with van der Waals surface area (Å²) in [5, 5.41) is 0. The molecule has 19 heavy (non-hydrogen) atoms. The molecule has 0 spiro atoms. The van der Waals surface area contributed by atoms with E-state index in [1.807, 2.05) is 0 Å². The minimum atomic E-state index is 0.960. The molecule has 0 aliphatic rings. The Morgan fingerprint density at radius 1 is 0.368 bits per heavy atom. The molecule has 0 heterocycles. The summed E-state index contributed by atoms with van der Waals surface area (Å²) >= 11 is 0. The average Bonchev–Trinajstić information content (AvgIpc) is 2.43. The molecule has 0 bridgehead atoms. The summed E-state index contributed by atoms with van der Waals surface area (Å²) in [4.78, 5) is 0. The molecule has 0 saturated carbocycles. The van der Waals surface area contributed by atoms with Gasteiger partial charge in [0, 0.05) is 12.8 Å². The molecule has 0 aromatic rings. The minimum Gasteiger partial charge on any atom is -0.120 e. The Kier molecular flexibility index (Phi) is 16.3. The second-order valence-corrected chi connectivity index (χ2v) is 5.50. The van der Waals surface area contributed by atoms with E-state index < -0.39 is 0 Å². The van der Waals surface area contributed by atoms with Gasteiger partial charge < -0.3 is 0 Å². The SMILES string of the molecule is C#CCCCCCCCCCCCCCCCC#C. The lowest BCUT2D eigenvalue weighted by molar-refractivity contribution is 0.539. The van der Waals surface area contributed by atoms with Crippen molar-refractivity contribution in [3.8, 4) is 24.7 Å². The molecule has 0 aliphatic heterocycles. The smallest absolute Gasteiger partial charge is 0.00860 e. The molecule has 0 radical (unpaired) electrons. The summed E-state index contributed by atoms with van der Waals surface area (Å²) < 4.78 is 0. The van der Waals surface area contributed by atoms with E-state index in [0.29, 0.717) is 0 Å². The maximum Gasteiger partial charge on any atom is 0.00860 e. The van der Waals surface area contributed by atoms with Crippen molar-refractivity contribution in [1.82, 2.24) is 0 Å². The third-order valence-corrected chi connectivity index (χ3v) is 3.64. The van der Waals surface area contributed by atoms with Crippen LogP contribution in [0.2, 0.25) is 0 Å². The Morgan fingerprint density at radius 2 is 0.579 bits per heavy atom. The summed E-state index contributed by atoms with van der Waals surface area (Å²) in [6, 6.07) is 0. The summed E-state index contributed by atoms with van der Waals surface area (Å²) in [6.07, 6.45) is 30.1. The van der Waals surface area contributed by atoms with Gasteiger partial charge in [0.15, 0.2) is 0 Å². The third kappa shape index (κ3) is 17.1. The quantitative estimate of drug-likeness (QED) is 0.261. The van der Waals surface area contributed by atoms with Crippen molar-refractivity contribution >= 4 is 0 Å². The zero-order valence-electron chi connectivity index (χ0n) is 12.8. The first-order chi connectivity index (χ1) is 9.41. The third-order valence-electron chi connectivity index (χ3n) is 3.64. The highest BCUT2D eigenvalue weighted by Crippen LogP contribution is 2.13. The van der Waals surface area contributed by atoms with Gasteiger partial charge in [-0.3, -0.25) is 0 Å². The molecule has 0 nitrogen and oxygen atoms in total. The number of hydrogen-bond acceptors (Lipinski definition) is 0. The van der Waals surface area contributed by atoms with E-state index in [1.165, 1.54) is 83.5 Å². The van der Waals surface area contributed by atoms with Crippen molar-refractivity contribution in [2.45, 2.75) is 96.3 Å². The van der Waals surface area contributed by atoms with E-state index in [2.05, 4.69) is 11.8 Å². The van der Waals surface area contributed by atoms with Crippen LogP contribution in [0.25, 0.3) is 0 Å². The van der Waals surface area contributed by atoms with E-state index >= 15 is 0 Å². The van der Waals surface area contributed by atoms with Crippen molar-refractivity contribution in [3.63, 3.8) is 0 Å². The van der Waals surface area contributed by atoms with Crippen molar-refractivity contribution in [2.75, 3.05) is 0 Å². The van der Waals surface area contributed by atoms with Crippen LogP contribution < -0.4 is 0 Å². The fourth-order valence-corrected chi connectivity index (χ4v) is 2.40. The molecule has 0 fully saturated rings. The van der Waals surface area contributed by atoms with Crippen LogP contribution in [0.3, 0.4) is 0 Å². The first-order valence-electron chi connectivity index (χ1n) is 8.28. The van der Waals surface area contributed by atoms with Gasteiger partial charge in [-0.15, -0.1) is 24.7 Å². The Hall–Kier alpha value is -0.880. The standard InChI is InChI=1S/C19H32/c1-3-5-7-9-11-13-15-17-19-18-16-14-12-10-8-6-4-2/h1-2H,5-19H2. The molecular formula is C19H32. The van der Waals surface area contributed by atoms with Crippen LogP contribution in [-0.4, -0.2) is 0 Å². The van der Waals surface area contributed by atoms with Gasteiger partial charge in [-0.05, 0) is 12.8 Å². The zero-order valence-corrected chi connectivity index (χ0v) is 12.8. The van der Waals surface area contributed by atoms with Gasteiger partial charge in [0.25, 0.3) is 0 Å². The Labute approximate surface area is 121 Å². The van der Waals surface area contributed by atoms with Crippen molar-refractivity contribution in [1.29, 1.82) is 0 Å². The van der Waals surface area contributed by atoms with Gasteiger partial charge in [0.2, 0.25) is 0 Å². The van der Waals surface area contributed by atoms with Crippen molar-refractivity contribution in [2.24, 2.45) is 0 Å². The topological polar surface area (TPSA) is 0 Å². The predicted octanol–water partition coefficient (Wildman–Crippen LogP) is 6.10. The lowest BCUT2D eigenvalue weighted by Crippen LogP contribution is -1.83. The summed E-state index contributed by atoms with van der Waals surface area (Å²) in [5.74, 6) is 5.41. The fourth-order valence-electron chi connectivity index (χ4n) is 2.40. The second kappa shape index (κ2) is 17.1. The molecule has 0 aromatic carbocycles. The van der Waals surface area contributed by atoms with Crippen molar-refractivity contribution < 1.29 is 0 Å². The van der Waals surface area contributed by atoms with Gasteiger partial charge in [-0.25, -0.2) is 0 Å². The Morgan fingerprint density at radius 3 is 0.789 bits per heavy atom. The number of unbranched alkanes of at least 4 members (excludes halogenated alkanes) is 14. The molecule has 0 amide bonds. The molecule has 108 valence electrons. The van der Waals surface area contributed by atoms with Crippen LogP contribution in [0.15, 0.2) is 0 Å². The highest BCUT2D eigenvalue weighted by molar-refractivity contribution is 4.83. The van der Waals surface area contributed by atoms with E-state index in [9.17, 15) is 0 Å². The van der Waals surface area contributed by atoms with Crippen LogP contribution in [0.4, 0.5) is 0 Å². The van der Waals surface area contributed by atoms with Crippen LogP contribution >= 0.6 is 0 Å². The van der Waals surface area contributed by atoms with Gasteiger partial charge in [0.1, 0.15) is 0 Å². The van der Waals surface area contributed by atoms with Gasteiger partial charge in [-0.1, -0.05) is 70.6 Å². The lowest BCUT2D eigenvalue weighted by atomic mass is 10.0. The molecule has 0 aromatic heterocycles. The Balaban J connectivity index is 2.92. The first-order valence-corrected chi connectivity index (χ1v) is 8.28. The molecule has 0 atom stereocenters. The minimum absolute atomic E-state index is 0.960. The molecule has 0 heteroatoms. The summed E-state index contributed by atoms with van der Waals surface area (Å²) in [7, 11) is 0. The molecule has 0 saturated heterocycles. The van der Waals surface area contributed by atoms with Crippen molar-refractivity contribution in [3.05, 3.63) is 0 Å². The highest BCUT2D eigenvalue weighted by Gasteiger charge is 1.93. The zero-order chi connectivity index (χ0) is 14.0. The van der Waals surface area contributed by atoms with Gasteiger partial charge in [0.05, 0.1) is 0 Å². The number of terminal acetylenes is 2. The van der Waals surface area contributed by atoms with Crippen LogP contribution in [0.1, 0.15) is 96.3 Å². The normalized spacial score (nSPS) is 10.0. The highest BCUT2D eigenvalue weighted by atomic mass is 14.0. The molecule has 0 N–H and O–H groups in total. The summed E-state index contributed by atoms with van der Waals surface area (Å²) in [5.41, 5.74) is 0. The predicted molar refractivity (Wildman–Crippen MR) is 86.9 cm³/mol. The fraction of sp³-hybridized carbons (Fsp3) is 0.789. The second-order valence-electron chi connectivity index (χ2n) is 5.50. The van der Waals surface area contributed by atoms with E-state index in [4.69, 9.17) is 12.8 Å². The lowest BCUT2D eigenvalue weighted by Gasteiger charge is -2.02. The van der Waals surface area contributed by atoms with Crippen LogP contribution in [0.5, 0.6) is 0 Å². The number of hydrogen-bond donors (Lipinski definition) is 0. The molecule has 0 aliphatic carbocycles. The first kappa shape index (κ1) is 18.1. The molecular weight excluding hydrogens is 228 g/mol. The monoisotopic (exact) mass is 260 g/mol. The molecule has 0 rings (SSSR count). The largest absolute Gasteiger partial charge is 0.120 e. The van der Waals surface area contributed by atoms with E-state index in [1.54, 1.807) is 0 Å². The maximum atomic E-state index is 5.22. The van der Waals surface area contributed by atoms with E-state index in [-0.39, 0.29) is 0 Å². The van der Waals surface area contributed by atoms with Gasteiger partial charge in [-0.2, -0.15) is 0 Å². The molecule has 0 unspecified atom stereocenters. The average molecular weight is 260 g/mol. The van der Waals surface area contributed by atoms with Crippen LogP contribution in [0, 0.1) is 24.7 Å². The number of rotatable bonds is 14. The maximum absolute atomic E-state index is 5.22. The summed E-state index contributed by atoms with van der Waals surface area (Å²) in [6.45, 7) is 0.